The maximum atomic E-state index is 12.7. The standard InChI is InChI=1S/C25H29N5O2S2/c1-5-17-8-11-19-20(13-26)24(34-21(19)12-17)27-22(31)14-33-25-29-28-23(30(25)4)16(3)32-18-9-6-15(2)7-10-18/h6-7,9-10,16-17H,5,8,11-12,14H2,1-4H3,(H,27,31). The van der Waals surface area contributed by atoms with Crippen molar-refractivity contribution in [3.05, 3.63) is 51.7 Å². The average Bonchev–Trinajstić information content (AvgIpc) is 3.37. The first-order valence-electron chi connectivity index (χ1n) is 11.5. The normalized spacial score (nSPS) is 15.9. The molecule has 0 bridgehead atoms. The first-order chi connectivity index (χ1) is 16.4. The van der Waals surface area contributed by atoms with Gasteiger partial charge in [-0.3, -0.25) is 4.79 Å². The summed E-state index contributed by atoms with van der Waals surface area (Å²) in [6, 6.07) is 10.2. The van der Waals surface area contributed by atoms with E-state index in [1.807, 2.05) is 49.7 Å². The first kappa shape index (κ1) is 24.3. The van der Waals surface area contributed by atoms with Crippen molar-refractivity contribution in [2.75, 3.05) is 11.1 Å². The minimum atomic E-state index is -0.286. The molecule has 2 atom stereocenters. The van der Waals surface area contributed by atoms with Crippen molar-refractivity contribution in [3.8, 4) is 11.8 Å². The molecule has 2 unspecified atom stereocenters. The third-order valence-electron chi connectivity index (χ3n) is 6.21. The molecule has 9 heteroatoms. The first-order valence-corrected chi connectivity index (χ1v) is 13.3. The van der Waals surface area contributed by atoms with Crippen molar-refractivity contribution < 1.29 is 9.53 Å². The van der Waals surface area contributed by atoms with Gasteiger partial charge in [0.1, 0.15) is 16.8 Å². The van der Waals surface area contributed by atoms with Gasteiger partial charge in [-0.1, -0.05) is 42.8 Å². The molecule has 3 aromatic rings. The lowest BCUT2D eigenvalue weighted by atomic mass is 9.86. The summed E-state index contributed by atoms with van der Waals surface area (Å²) in [7, 11) is 1.87. The fourth-order valence-electron chi connectivity index (χ4n) is 4.18. The summed E-state index contributed by atoms with van der Waals surface area (Å²) in [5, 5.41) is 22.5. The molecule has 1 N–H and O–H groups in total. The minimum absolute atomic E-state index is 0.152. The van der Waals surface area contributed by atoms with E-state index in [0.717, 1.165) is 37.0 Å². The van der Waals surface area contributed by atoms with Gasteiger partial charge >= 0.3 is 0 Å². The van der Waals surface area contributed by atoms with Crippen molar-refractivity contribution >= 4 is 34.0 Å². The Balaban J connectivity index is 1.37. The van der Waals surface area contributed by atoms with Gasteiger partial charge < -0.3 is 14.6 Å². The summed E-state index contributed by atoms with van der Waals surface area (Å²) in [5.41, 5.74) is 2.93. The summed E-state index contributed by atoms with van der Waals surface area (Å²) in [6.07, 6.45) is 3.89. The Hall–Kier alpha value is -2.83. The predicted molar refractivity (Wildman–Crippen MR) is 135 cm³/mol. The molecule has 0 saturated carbocycles. The highest BCUT2D eigenvalue weighted by Gasteiger charge is 2.26. The second-order valence-electron chi connectivity index (χ2n) is 8.65. The lowest BCUT2D eigenvalue weighted by molar-refractivity contribution is -0.113. The van der Waals surface area contributed by atoms with E-state index in [-0.39, 0.29) is 17.8 Å². The number of anilines is 1. The van der Waals surface area contributed by atoms with Crippen molar-refractivity contribution in [3.63, 3.8) is 0 Å². The number of amides is 1. The van der Waals surface area contributed by atoms with Crippen LogP contribution < -0.4 is 10.1 Å². The third-order valence-corrected chi connectivity index (χ3v) is 8.40. The molecule has 0 saturated heterocycles. The molecule has 1 amide bonds. The molecular weight excluding hydrogens is 466 g/mol. The Morgan fingerprint density at radius 1 is 1.38 bits per heavy atom. The molecule has 1 aromatic carbocycles. The van der Waals surface area contributed by atoms with Crippen LogP contribution >= 0.6 is 23.1 Å². The van der Waals surface area contributed by atoms with E-state index in [1.165, 1.54) is 22.2 Å². The zero-order valence-corrected chi connectivity index (χ0v) is 21.6. The summed E-state index contributed by atoms with van der Waals surface area (Å²) in [4.78, 5) is 13.9. The maximum absolute atomic E-state index is 12.7. The Morgan fingerprint density at radius 2 is 2.15 bits per heavy atom. The Morgan fingerprint density at radius 3 is 2.85 bits per heavy atom. The molecule has 0 radical (unpaired) electrons. The van der Waals surface area contributed by atoms with Crippen LogP contribution in [0, 0.1) is 24.2 Å². The number of carbonyl (C=O) groups excluding carboxylic acids is 1. The molecule has 0 spiro atoms. The fraction of sp³-hybridized carbons (Fsp3) is 0.440. The van der Waals surface area contributed by atoms with E-state index in [1.54, 1.807) is 11.3 Å². The van der Waals surface area contributed by atoms with Crippen LogP contribution in [-0.2, 0) is 24.7 Å². The van der Waals surface area contributed by atoms with Crippen molar-refractivity contribution in [2.24, 2.45) is 13.0 Å². The van der Waals surface area contributed by atoms with Crippen molar-refractivity contribution in [2.45, 2.75) is 57.7 Å². The largest absolute Gasteiger partial charge is 0.483 e. The van der Waals surface area contributed by atoms with Crippen LogP contribution in [0.3, 0.4) is 0 Å². The minimum Gasteiger partial charge on any atom is -0.483 e. The SMILES string of the molecule is CCC1CCc2c(sc(NC(=O)CSc3nnc(C(C)Oc4ccc(C)cc4)n3C)c2C#N)C1. The second kappa shape index (κ2) is 10.6. The Labute approximate surface area is 208 Å². The molecule has 0 fully saturated rings. The van der Waals surface area contributed by atoms with Crippen LogP contribution in [0.4, 0.5) is 5.00 Å². The summed E-state index contributed by atoms with van der Waals surface area (Å²) < 4.78 is 7.85. The van der Waals surface area contributed by atoms with Gasteiger partial charge in [0.15, 0.2) is 17.1 Å². The molecule has 1 aliphatic rings. The van der Waals surface area contributed by atoms with Crippen LogP contribution in [0.15, 0.2) is 29.4 Å². The van der Waals surface area contributed by atoms with E-state index < -0.39 is 0 Å². The lowest BCUT2D eigenvalue weighted by Crippen LogP contribution is -2.15. The van der Waals surface area contributed by atoms with E-state index in [9.17, 15) is 10.1 Å². The van der Waals surface area contributed by atoms with Gasteiger partial charge in [-0.2, -0.15) is 5.26 Å². The van der Waals surface area contributed by atoms with Crippen LogP contribution in [-0.4, -0.2) is 26.4 Å². The number of rotatable bonds is 8. The molecule has 7 nitrogen and oxygen atoms in total. The molecule has 4 rings (SSSR count). The van der Waals surface area contributed by atoms with Crippen LogP contribution in [0.1, 0.15) is 60.2 Å². The van der Waals surface area contributed by atoms with E-state index in [2.05, 4.69) is 28.5 Å². The third kappa shape index (κ3) is 5.29. The number of thioether (sulfide) groups is 1. The quantitative estimate of drug-likeness (QED) is 0.418. The van der Waals surface area contributed by atoms with Gasteiger partial charge in [0, 0.05) is 11.9 Å². The van der Waals surface area contributed by atoms with Gasteiger partial charge in [-0.05, 0) is 56.7 Å². The predicted octanol–water partition coefficient (Wildman–Crippen LogP) is 5.44. The monoisotopic (exact) mass is 495 g/mol. The highest BCUT2D eigenvalue weighted by atomic mass is 32.2. The van der Waals surface area contributed by atoms with Gasteiger partial charge in [0.05, 0.1) is 11.3 Å². The number of nitrogens with zero attached hydrogens (tertiary/aromatic N) is 4. The molecule has 0 aliphatic heterocycles. The number of aromatic nitrogens is 3. The second-order valence-corrected chi connectivity index (χ2v) is 10.7. The molecule has 34 heavy (non-hydrogen) atoms. The van der Waals surface area contributed by atoms with E-state index in [0.29, 0.717) is 27.5 Å². The highest BCUT2D eigenvalue weighted by Crippen LogP contribution is 2.40. The topological polar surface area (TPSA) is 92.8 Å². The van der Waals surface area contributed by atoms with Gasteiger partial charge in [0.2, 0.25) is 5.91 Å². The van der Waals surface area contributed by atoms with Crippen LogP contribution in [0.25, 0.3) is 0 Å². The summed E-state index contributed by atoms with van der Waals surface area (Å²) in [5.74, 6) is 2.16. The zero-order chi connectivity index (χ0) is 24.2. The number of fused-ring (bicyclic) bond motifs is 1. The van der Waals surface area contributed by atoms with E-state index in [4.69, 9.17) is 4.74 Å². The van der Waals surface area contributed by atoms with Gasteiger partial charge in [-0.25, -0.2) is 0 Å². The van der Waals surface area contributed by atoms with Gasteiger partial charge in [0.25, 0.3) is 0 Å². The number of benzene rings is 1. The zero-order valence-electron chi connectivity index (χ0n) is 19.9. The molecule has 2 aromatic heterocycles. The molecular formula is C25H29N5O2S2. The van der Waals surface area contributed by atoms with Crippen molar-refractivity contribution in [1.82, 2.24) is 14.8 Å². The maximum Gasteiger partial charge on any atom is 0.235 e. The smallest absolute Gasteiger partial charge is 0.235 e. The number of carbonyl (C=O) groups is 1. The number of ether oxygens (including phenoxy) is 1. The van der Waals surface area contributed by atoms with Crippen LogP contribution in [0.2, 0.25) is 0 Å². The molecule has 1 aliphatic carbocycles. The number of nitriles is 1. The average molecular weight is 496 g/mol. The highest BCUT2D eigenvalue weighted by molar-refractivity contribution is 7.99. The molecule has 2 heterocycles. The number of nitrogens with one attached hydrogen (secondary N) is 1. The van der Waals surface area contributed by atoms with Gasteiger partial charge in [-0.15, -0.1) is 21.5 Å². The van der Waals surface area contributed by atoms with E-state index >= 15 is 0 Å². The number of aryl methyl sites for hydroxylation is 1. The van der Waals surface area contributed by atoms with Crippen molar-refractivity contribution in [1.29, 1.82) is 5.26 Å². The number of hydrogen-bond donors (Lipinski definition) is 1. The lowest BCUT2D eigenvalue weighted by Gasteiger charge is -2.20. The summed E-state index contributed by atoms with van der Waals surface area (Å²) in [6.45, 7) is 6.17. The number of thiophene rings is 1. The number of hydrogen-bond acceptors (Lipinski definition) is 7. The summed E-state index contributed by atoms with van der Waals surface area (Å²) >= 11 is 2.87. The molecule has 178 valence electrons. The Bertz CT molecular complexity index is 1210. The Kier molecular flexibility index (Phi) is 7.59. The fourth-order valence-corrected chi connectivity index (χ4v) is 6.23. The van der Waals surface area contributed by atoms with Crippen LogP contribution in [0.5, 0.6) is 5.75 Å².